The first-order valence-corrected chi connectivity index (χ1v) is 4.43. The zero-order chi connectivity index (χ0) is 9.19. The van der Waals surface area contributed by atoms with Crippen LogP contribution >= 0.6 is 0 Å². The monoisotopic (exact) mass is 191 g/mol. The van der Waals surface area contributed by atoms with Gasteiger partial charge in [0.15, 0.2) is 0 Å². The minimum absolute atomic E-state index is 0.278. The number of benzene rings is 1. The van der Waals surface area contributed by atoms with Crippen molar-refractivity contribution in [2.75, 3.05) is 5.54 Å². The van der Waals surface area contributed by atoms with Crippen LogP contribution in [0, 0.1) is 0 Å². The van der Waals surface area contributed by atoms with Crippen LogP contribution in [0.1, 0.15) is 0 Å². The number of anilines is 1. The van der Waals surface area contributed by atoms with Crippen LogP contribution in [0.2, 0.25) is 0 Å². The van der Waals surface area contributed by atoms with Crippen molar-refractivity contribution in [3.05, 3.63) is 24.3 Å². The SMILES string of the molecule is O=S(=O)(O)c1ccccc1NF. The van der Waals surface area contributed by atoms with Crippen LogP contribution in [0.3, 0.4) is 0 Å². The molecule has 0 amide bonds. The molecule has 6 heteroatoms. The van der Waals surface area contributed by atoms with Gasteiger partial charge >= 0.3 is 0 Å². The summed E-state index contributed by atoms with van der Waals surface area (Å²) in [7, 11) is -4.35. The molecule has 66 valence electrons. The third kappa shape index (κ3) is 1.72. The second-order valence-electron chi connectivity index (χ2n) is 2.07. The fraction of sp³-hybridized carbons (Fsp3) is 0. The van der Waals surface area contributed by atoms with Gasteiger partial charge in [-0.1, -0.05) is 12.1 Å². The molecule has 0 bridgehead atoms. The number of hydrogen-bond donors (Lipinski definition) is 2. The molecule has 0 aliphatic rings. The Balaban J connectivity index is 3.33. The van der Waals surface area contributed by atoms with Crippen LogP contribution < -0.4 is 5.54 Å². The highest BCUT2D eigenvalue weighted by molar-refractivity contribution is 7.86. The number of hydrogen-bond acceptors (Lipinski definition) is 3. The van der Waals surface area contributed by atoms with Crippen molar-refractivity contribution in [1.82, 2.24) is 0 Å². The molecule has 0 aliphatic heterocycles. The normalized spacial score (nSPS) is 11.2. The molecule has 0 saturated heterocycles. The Kier molecular flexibility index (Phi) is 2.30. The van der Waals surface area contributed by atoms with Crippen molar-refractivity contribution in [3.63, 3.8) is 0 Å². The van der Waals surface area contributed by atoms with Crippen LogP contribution in [0.5, 0.6) is 0 Å². The Morgan fingerprint density at radius 3 is 2.33 bits per heavy atom. The van der Waals surface area contributed by atoms with E-state index in [4.69, 9.17) is 4.55 Å². The molecule has 0 fully saturated rings. The van der Waals surface area contributed by atoms with Gasteiger partial charge in [0.05, 0.1) is 5.69 Å². The lowest BCUT2D eigenvalue weighted by Crippen LogP contribution is -2.00. The topological polar surface area (TPSA) is 66.4 Å². The minimum Gasteiger partial charge on any atom is -0.282 e. The second kappa shape index (κ2) is 3.08. The molecule has 0 unspecified atom stereocenters. The number of para-hydroxylation sites is 1. The lowest BCUT2D eigenvalue weighted by Gasteiger charge is -2.01. The lowest BCUT2D eigenvalue weighted by molar-refractivity contribution is 0.482. The minimum atomic E-state index is -4.35. The predicted molar refractivity (Wildman–Crippen MR) is 41.0 cm³/mol. The fourth-order valence-electron chi connectivity index (χ4n) is 0.770. The van der Waals surface area contributed by atoms with Gasteiger partial charge in [0.25, 0.3) is 10.1 Å². The van der Waals surface area contributed by atoms with Gasteiger partial charge in [0.1, 0.15) is 4.90 Å². The van der Waals surface area contributed by atoms with E-state index in [2.05, 4.69) is 0 Å². The Morgan fingerprint density at radius 2 is 1.92 bits per heavy atom. The van der Waals surface area contributed by atoms with E-state index in [1.807, 2.05) is 0 Å². The van der Waals surface area contributed by atoms with Gasteiger partial charge in [-0.3, -0.25) is 4.55 Å². The Bertz CT molecular complexity index is 376. The molecule has 0 atom stereocenters. The third-order valence-electron chi connectivity index (χ3n) is 1.27. The van der Waals surface area contributed by atoms with E-state index in [9.17, 15) is 12.9 Å². The van der Waals surface area contributed by atoms with E-state index < -0.39 is 15.0 Å². The summed E-state index contributed by atoms with van der Waals surface area (Å²) < 4.78 is 41.6. The molecule has 0 heterocycles. The van der Waals surface area contributed by atoms with Crippen LogP contribution in [0.15, 0.2) is 29.2 Å². The number of halogens is 1. The Morgan fingerprint density at radius 1 is 1.33 bits per heavy atom. The average Bonchev–Trinajstić information content (AvgIpc) is 2.03. The standard InChI is InChI=1S/C6H6FNO3S/c7-8-5-3-1-2-4-6(5)12(9,10)11/h1-4,8H,(H,9,10,11). The van der Waals surface area contributed by atoms with Crippen molar-refractivity contribution in [1.29, 1.82) is 0 Å². The molecule has 0 aliphatic carbocycles. The summed E-state index contributed by atoms with van der Waals surface area (Å²) in [4.78, 5) is -0.479. The molecule has 0 spiro atoms. The molecule has 2 N–H and O–H groups in total. The number of nitrogens with one attached hydrogen (secondary N) is 1. The van der Waals surface area contributed by atoms with Crippen molar-refractivity contribution in [2.24, 2.45) is 0 Å². The van der Waals surface area contributed by atoms with Crippen LogP contribution in [0.4, 0.5) is 10.2 Å². The maximum Gasteiger partial charge on any atom is 0.296 e. The first kappa shape index (κ1) is 8.95. The van der Waals surface area contributed by atoms with Gasteiger partial charge in [-0.15, -0.1) is 4.48 Å². The summed E-state index contributed by atoms with van der Waals surface area (Å²) in [5.41, 5.74) is 0.885. The zero-order valence-electron chi connectivity index (χ0n) is 5.86. The highest BCUT2D eigenvalue weighted by Crippen LogP contribution is 2.19. The summed E-state index contributed by atoms with van der Waals surface area (Å²) >= 11 is 0. The first-order chi connectivity index (χ1) is 5.55. The molecule has 0 aromatic heterocycles. The van der Waals surface area contributed by atoms with Crippen molar-refractivity contribution in [3.8, 4) is 0 Å². The zero-order valence-corrected chi connectivity index (χ0v) is 6.68. The number of rotatable bonds is 2. The molecular weight excluding hydrogens is 185 g/mol. The Labute approximate surface area is 68.7 Å². The van der Waals surface area contributed by atoms with Crippen LogP contribution in [-0.4, -0.2) is 13.0 Å². The van der Waals surface area contributed by atoms with Crippen LogP contribution in [0.25, 0.3) is 0 Å². The van der Waals surface area contributed by atoms with E-state index in [1.54, 1.807) is 0 Å². The molecule has 0 radical (unpaired) electrons. The second-order valence-corrected chi connectivity index (χ2v) is 3.46. The summed E-state index contributed by atoms with van der Waals surface area (Å²) in [6.07, 6.45) is 0. The largest absolute Gasteiger partial charge is 0.296 e. The van der Waals surface area contributed by atoms with E-state index in [1.165, 1.54) is 18.2 Å². The first-order valence-electron chi connectivity index (χ1n) is 2.99. The van der Waals surface area contributed by atoms with Crippen molar-refractivity contribution >= 4 is 15.8 Å². The van der Waals surface area contributed by atoms with Gasteiger partial charge in [-0.2, -0.15) is 8.42 Å². The van der Waals surface area contributed by atoms with E-state index >= 15 is 0 Å². The summed E-state index contributed by atoms with van der Waals surface area (Å²) in [6, 6.07) is 5.11. The molecule has 1 rings (SSSR count). The van der Waals surface area contributed by atoms with Gasteiger partial charge < -0.3 is 0 Å². The highest BCUT2D eigenvalue weighted by atomic mass is 32.2. The third-order valence-corrected chi connectivity index (χ3v) is 2.18. The molecule has 1 aromatic rings. The Hall–Kier alpha value is -1.14. The summed E-state index contributed by atoms with van der Waals surface area (Å²) in [6.45, 7) is 0. The van der Waals surface area contributed by atoms with Crippen LogP contribution in [-0.2, 0) is 10.1 Å². The molecular formula is C6H6FNO3S. The van der Waals surface area contributed by atoms with Gasteiger partial charge in [0, 0.05) is 0 Å². The maximum absolute atomic E-state index is 11.9. The smallest absolute Gasteiger partial charge is 0.282 e. The maximum atomic E-state index is 11.9. The lowest BCUT2D eigenvalue weighted by atomic mass is 10.3. The summed E-state index contributed by atoms with van der Waals surface area (Å²) in [5, 5.41) is 0. The quantitative estimate of drug-likeness (QED) is 0.545. The van der Waals surface area contributed by atoms with Gasteiger partial charge in [0.2, 0.25) is 0 Å². The highest BCUT2D eigenvalue weighted by Gasteiger charge is 2.13. The average molecular weight is 191 g/mol. The van der Waals surface area contributed by atoms with Crippen molar-refractivity contribution < 1.29 is 17.5 Å². The van der Waals surface area contributed by atoms with Crippen molar-refractivity contribution in [2.45, 2.75) is 4.90 Å². The van der Waals surface area contributed by atoms with E-state index in [0.29, 0.717) is 0 Å². The van der Waals surface area contributed by atoms with Gasteiger partial charge in [-0.05, 0) is 12.1 Å². The summed E-state index contributed by atoms with van der Waals surface area (Å²) in [5.74, 6) is 0. The van der Waals surface area contributed by atoms with E-state index in [0.717, 1.165) is 11.6 Å². The van der Waals surface area contributed by atoms with E-state index in [-0.39, 0.29) is 5.69 Å². The fourth-order valence-corrected chi connectivity index (χ4v) is 1.40. The molecule has 1 aromatic carbocycles. The van der Waals surface area contributed by atoms with Gasteiger partial charge in [-0.25, -0.2) is 5.54 Å². The molecule has 4 nitrogen and oxygen atoms in total. The predicted octanol–water partition coefficient (Wildman–Crippen LogP) is 1.23. The molecule has 0 saturated carbocycles. The molecule has 12 heavy (non-hydrogen) atoms.